The van der Waals surface area contributed by atoms with E-state index in [1.165, 1.54) is 11.0 Å². The SMILES string of the molecule is C=C[C@H](C)C(NC(=O)[C@@H]1CCCN1C(=O)CCC(=O)N1CCCCC1)C(=O)NS(=O)(=O)C1CC1. The molecule has 2 saturated heterocycles. The van der Waals surface area contributed by atoms with Crippen LogP contribution in [-0.4, -0.2) is 78.8 Å². The first-order valence-electron chi connectivity index (χ1n) is 12.2. The molecule has 1 saturated carbocycles. The van der Waals surface area contributed by atoms with Gasteiger partial charge < -0.3 is 15.1 Å². The van der Waals surface area contributed by atoms with Gasteiger partial charge in [0.05, 0.1) is 5.25 Å². The highest BCUT2D eigenvalue weighted by molar-refractivity contribution is 7.90. The summed E-state index contributed by atoms with van der Waals surface area (Å²) in [4.78, 5) is 54.2. The lowest BCUT2D eigenvalue weighted by Crippen LogP contribution is -2.56. The molecule has 2 aliphatic heterocycles. The summed E-state index contributed by atoms with van der Waals surface area (Å²) < 4.78 is 26.5. The molecule has 2 N–H and O–H groups in total. The van der Waals surface area contributed by atoms with Crippen LogP contribution < -0.4 is 10.0 Å². The zero-order valence-corrected chi connectivity index (χ0v) is 20.6. The average Bonchev–Trinajstić information content (AvgIpc) is 3.58. The van der Waals surface area contributed by atoms with Crippen LogP contribution in [0.5, 0.6) is 0 Å². The van der Waals surface area contributed by atoms with Crippen LogP contribution in [0, 0.1) is 5.92 Å². The minimum atomic E-state index is -3.76. The number of likely N-dealkylation sites (tertiary alicyclic amines) is 2. The number of carbonyl (C=O) groups excluding carboxylic acids is 4. The Kier molecular flexibility index (Phi) is 8.72. The second-order valence-electron chi connectivity index (χ2n) is 9.48. The van der Waals surface area contributed by atoms with E-state index in [1.807, 2.05) is 0 Å². The summed E-state index contributed by atoms with van der Waals surface area (Å²) in [5.74, 6) is -2.15. The molecule has 11 heteroatoms. The lowest BCUT2D eigenvalue weighted by molar-refractivity contribution is -0.141. The number of sulfonamides is 1. The summed E-state index contributed by atoms with van der Waals surface area (Å²) in [6.45, 7) is 7.16. The molecule has 0 aromatic carbocycles. The summed E-state index contributed by atoms with van der Waals surface area (Å²) in [6.07, 6.45) is 6.78. The van der Waals surface area contributed by atoms with Crippen LogP contribution in [-0.2, 0) is 29.2 Å². The Morgan fingerprint density at radius 3 is 2.24 bits per heavy atom. The molecule has 0 aromatic rings. The van der Waals surface area contributed by atoms with Crippen molar-refractivity contribution in [2.75, 3.05) is 19.6 Å². The molecule has 2 heterocycles. The summed E-state index contributed by atoms with van der Waals surface area (Å²) in [5, 5.41) is 2.07. The van der Waals surface area contributed by atoms with Crippen molar-refractivity contribution in [2.24, 2.45) is 5.92 Å². The molecule has 0 spiro atoms. The second-order valence-corrected chi connectivity index (χ2v) is 11.4. The van der Waals surface area contributed by atoms with Crippen LogP contribution in [0.4, 0.5) is 0 Å². The van der Waals surface area contributed by atoms with E-state index in [-0.39, 0.29) is 24.7 Å². The van der Waals surface area contributed by atoms with Crippen molar-refractivity contribution in [3.8, 4) is 0 Å². The van der Waals surface area contributed by atoms with Crippen LogP contribution in [0.25, 0.3) is 0 Å². The van der Waals surface area contributed by atoms with Crippen molar-refractivity contribution >= 4 is 33.7 Å². The number of rotatable bonds is 10. The Morgan fingerprint density at radius 2 is 1.62 bits per heavy atom. The van der Waals surface area contributed by atoms with E-state index < -0.39 is 45.1 Å². The standard InChI is InChI=1S/C23H36N4O6S/c1-3-16(2)21(23(31)25-34(32,33)17-9-10-17)24-22(30)18-8-7-15-27(18)20(29)12-11-19(28)26-13-5-4-6-14-26/h3,16-18,21H,1,4-15H2,2H3,(H,24,30)(H,25,31)/t16-,18-,21?/m0/s1. The Labute approximate surface area is 201 Å². The molecule has 3 fully saturated rings. The van der Waals surface area contributed by atoms with E-state index in [0.29, 0.717) is 32.2 Å². The number of piperidine rings is 1. The molecule has 34 heavy (non-hydrogen) atoms. The third kappa shape index (κ3) is 6.58. The minimum Gasteiger partial charge on any atom is -0.343 e. The maximum absolute atomic E-state index is 13.0. The topological polar surface area (TPSA) is 133 Å². The smallest absolute Gasteiger partial charge is 0.256 e. The fourth-order valence-corrected chi connectivity index (χ4v) is 5.81. The third-order valence-corrected chi connectivity index (χ3v) is 8.66. The van der Waals surface area contributed by atoms with E-state index >= 15 is 0 Å². The molecular weight excluding hydrogens is 460 g/mol. The average molecular weight is 497 g/mol. The fourth-order valence-electron chi connectivity index (χ4n) is 4.48. The van der Waals surface area contributed by atoms with Gasteiger partial charge in [0.25, 0.3) is 5.91 Å². The summed E-state index contributed by atoms with van der Waals surface area (Å²) >= 11 is 0. The van der Waals surface area contributed by atoms with E-state index in [0.717, 1.165) is 32.4 Å². The molecule has 0 bridgehead atoms. The number of hydrogen-bond donors (Lipinski definition) is 2. The molecule has 190 valence electrons. The Bertz CT molecular complexity index is 910. The fraction of sp³-hybridized carbons (Fsp3) is 0.739. The van der Waals surface area contributed by atoms with Crippen molar-refractivity contribution in [3.05, 3.63) is 12.7 Å². The predicted octanol–water partition coefficient (Wildman–Crippen LogP) is 0.685. The highest BCUT2D eigenvalue weighted by Gasteiger charge is 2.40. The first-order valence-corrected chi connectivity index (χ1v) is 13.7. The summed E-state index contributed by atoms with van der Waals surface area (Å²) in [5.41, 5.74) is 0. The van der Waals surface area contributed by atoms with Crippen molar-refractivity contribution in [1.82, 2.24) is 19.8 Å². The molecule has 0 aromatic heterocycles. The van der Waals surface area contributed by atoms with E-state index in [2.05, 4.69) is 16.6 Å². The van der Waals surface area contributed by atoms with Gasteiger partial charge in [-0.2, -0.15) is 0 Å². The maximum atomic E-state index is 13.0. The highest BCUT2D eigenvalue weighted by atomic mass is 32.2. The predicted molar refractivity (Wildman–Crippen MR) is 126 cm³/mol. The van der Waals surface area contributed by atoms with Crippen LogP contribution in [0.1, 0.15) is 64.7 Å². The molecule has 1 aliphatic carbocycles. The zero-order valence-electron chi connectivity index (χ0n) is 19.8. The number of carbonyl (C=O) groups is 4. The minimum absolute atomic E-state index is 0.0335. The van der Waals surface area contributed by atoms with Gasteiger partial charge in [-0.25, -0.2) is 8.42 Å². The molecular formula is C23H36N4O6S. The van der Waals surface area contributed by atoms with Crippen molar-refractivity contribution in [3.63, 3.8) is 0 Å². The van der Waals surface area contributed by atoms with E-state index in [4.69, 9.17) is 0 Å². The molecule has 3 rings (SSSR count). The van der Waals surface area contributed by atoms with Gasteiger partial charge in [0.1, 0.15) is 12.1 Å². The van der Waals surface area contributed by atoms with Crippen LogP contribution in [0.3, 0.4) is 0 Å². The van der Waals surface area contributed by atoms with Crippen molar-refractivity contribution < 1.29 is 27.6 Å². The first-order chi connectivity index (χ1) is 16.1. The van der Waals surface area contributed by atoms with Gasteiger partial charge in [0.2, 0.25) is 27.7 Å². The number of hydrogen-bond acceptors (Lipinski definition) is 6. The first kappa shape index (κ1) is 26.2. The Balaban J connectivity index is 1.58. The molecule has 3 atom stereocenters. The summed E-state index contributed by atoms with van der Waals surface area (Å²) in [6, 6.07) is -1.89. The number of nitrogens with zero attached hydrogens (tertiary/aromatic N) is 2. The van der Waals surface area contributed by atoms with Gasteiger partial charge in [-0.15, -0.1) is 6.58 Å². The van der Waals surface area contributed by atoms with Crippen LogP contribution in [0.2, 0.25) is 0 Å². The monoisotopic (exact) mass is 496 g/mol. The van der Waals surface area contributed by atoms with E-state index in [1.54, 1.807) is 11.8 Å². The molecule has 3 aliphatic rings. The highest BCUT2D eigenvalue weighted by Crippen LogP contribution is 2.27. The van der Waals surface area contributed by atoms with Gasteiger partial charge in [0.15, 0.2) is 0 Å². The largest absolute Gasteiger partial charge is 0.343 e. The normalized spacial score (nSPS) is 22.6. The Morgan fingerprint density at radius 1 is 0.971 bits per heavy atom. The zero-order chi connectivity index (χ0) is 24.9. The third-order valence-electron chi connectivity index (χ3n) is 6.82. The van der Waals surface area contributed by atoms with E-state index in [9.17, 15) is 27.6 Å². The lowest BCUT2D eigenvalue weighted by atomic mass is 10.0. The number of nitrogens with one attached hydrogen (secondary N) is 2. The molecule has 10 nitrogen and oxygen atoms in total. The lowest BCUT2D eigenvalue weighted by Gasteiger charge is -2.29. The summed E-state index contributed by atoms with van der Waals surface area (Å²) in [7, 11) is -3.76. The number of amides is 4. The van der Waals surface area contributed by atoms with Crippen LogP contribution in [0.15, 0.2) is 12.7 Å². The molecule has 4 amide bonds. The Hall–Kier alpha value is -2.43. The van der Waals surface area contributed by atoms with Gasteiger partial charge in [-0.3, -0.25) is 23.9 Å². The van der Waals surface area contributed by atoms with Crippen molar-refractivity contribution in [1.29, 1.82) is 0 Å². The maximum Gasteiger partial charge on any atom is 0.256 e. The molecule has 0 radical (unpaired) electrons. The van der Waals surface area contributed by atoms with Gasteiger partial charge in [-0.05, 0) is 44.9 Å². The van der Waals surface area contributed by atoms with Gasteiger partial charge >= 0.3 is 0 Å². The molecule has 1 unspecified atom stereocenters. The van der Waals surface area contributed by atoms with Crippen molar-refractivity contribution in [2.45, 2.75) is 82.0 Å². The van der Waals surface area contributed by atoms with Gasteiger partial charge in [0, 0.05) is 38.4 Å². The van der Waals surface area contributed by atoms with Crippen LogP contribution >= 0.6 is 0 Å². The quantitative estimate of drug-likeness (QED) is 0.428. The second kappa shape index (κ2) is 11.3. The van der Waals surface area contributed by atoms with Gasteiger partial charge in [-0.1, -0.05) is 13.0 Å².